The van der Waals surface area contributed by atoms with Crippen molar-refractivity contribution in [2.45, 2.75) is 40.2 Å². The standard InChI is InChI=1S/C15H23NO/c1-5-13-7-9-14(10-8-13)15(17)11-16(6-2)12(3)4/h7-10,12H,5-6,11H2,1-4H3. The quantitative estimate of drug-likeness (QED) is 0.703. The molecule has 1 aromatic rings. The molecule has 0 amide bonds. The van der Waals surface area contributed by atoms with Gasteiger partial charge in [-0.05, 0) is 32.4 Å². The van der Waals surface area contributed by atoms with E-state index in [4.69, 9.17) is 0 Å². The predicted octanol–water partition coefficient (Wildman–Crippen LogP) is 3.16. The third-order valence-electron chi connectivity index (χ3n) is 3.17. The third-order valence-corrected chi connectivity index (χ3v) is 3.17. The van der Waals surface area contributed by atoms with E-state index >= 15 is 0 Å². The highest BCUT2D eigenvalue weighted by atomic mass is 16.1. The van der Waals surface area contributed by atoms with E-state index in [0.717, 1.165) is 18.5 Å². The van der Waals surface area contributed by atoms with Gasteiger partial charge in [0.2, 0.25) is 0 Å². The largest absolute Gasteiger partial charge is 0.294 e. The highest BCUT2D eigenvalue weighted by molar-refractivity contribution is 5.97. The highest BCUT2D eigenvalue weighted by Gasteiger charge is 2.13. The van der Waals surface area contributed by atoms with Gasteiger partial charge in [-0.25, -0.2) is 0 Å². The number of likely N-dealkylation sites (N-methyl/N-ethyl adjacent to an activating group) is 1. The van der Waals surface area contributed by atoms with Crippen LogP contribution in [-0.4, -0.2) is 29.8 Å². The molecule has 2 heteroatoms. The van der Waals surface area contributed by atoms with Crippen LogP contribution in [0.25, 0.3) is 0 Å². The molecule has 0 aromatic heterocycles. The van der Waals surface area contributed by atoms with Gasteiger partial charge in [-0.1, -0.05) is 38.1 Å². The molecule has 0 aliphatic rings. The lowest BCUT2D eigenvalue weighted by atomic mass is 10.1. The van der Waals surface area contributed by atoms with E-state index < -0.39 is 0 Å². The molecule has 0 aliphatic heterocycles. The molecular weight excluding hydrogens is 210 g/mol. The van der Waals surface area contributed by atoms with E-state index in [9.17, 15) is 4.79 Å². The smallest absolute Gasteiger partial charge is 0.176 e. The van der Waals surface area contributed by atoms with Crippen molar-refractivity contribution < 1.29 is 4.79 Å². The van der Waals surface area contributed by atoms with Crippen molar-refractivity contribution in [1.29, 1.82) is 0 Å². The van der Waals surface area contributed by atoms with Crippen LogP contribution in [0.2, 0.25) is 0 Å². The zero-order valence-electron chi connectivity index (χ0n) is 11.4. The van der Waals surface area contributed by atoms with Gasteiger partial charge in [0.1, 0.15) is 0 Å². The molecule has 0 bridgehead atoms. The minimum Gasteiger partial charge on any atom is -0.294 e. The molecule has 1 aromatic carbocycles. The lowest BCUT2D eigenvalue weighted by molar-refractivity contribution is 0.0911. The number of benzene rings is 1. The zero-order valence-corrected chi connectivity index (χ0v) is 11.4. The summed E-state index contributed by atoms with van der Waals surface area (Å²) in [5.41, 5.74) is 2.10. The number of carbonyl (C=O) groups is 1. The Morgan fingerprint density at radius 1 is 1.18 bits per heavy atom. The Labute approximate surface area is 105 Å². The topological polar surface area (TPSA) is 20.3 Å². The van der Waals surface area contributed by atoms with Crippen LogP contribution in [0.1, 0.15) is 43.6 Å². The molecule has 2 nitrogen and oxygen atoms in total. The second kappa shape index (κ2) is 6.55. The number of aryl methyl sites for hydroxylation is 1. The fourth-order valence-corrected chi connectivity index (χ4v) is 1.86. The number of carbonyl (C=O) groups excluding carboxylic acids is 1. The molecule has 1 rings (SSSR count). The van der Waals surface area contributed by atoms with Gasteiger partial charge < -0.3 is 0 Å². The summed E-state index contributed by atoms with van der Waals surface area (Å²) in [6.07, 6.45) is 1.02. The number of Topliss-reactive ketones (excluding diaryl/α,β-unsaturated/α-hetero) is 1. The number of hydrogen-bond donors (Lipinski definition) is 0. The maximum atomic E-state index is 12.1. The normalized spacial score (nSPS) is 11.2. The molecule has 0 heterocycles. The van der Waals surface area contributed by atoms with Gasteiger partial charge in [-0.3, -0.25) is 9.69 Å². The molecule has 0 saturated heterocycles. The van der Waals surface area contributed by atoms with Gasteiger partial charge >= 0.3 is 0 Å². The van der Waals surface area contributed by atoms with Crippen molar-refractivity contribution in [3.05, 3.63) is 35.4 Å². The zero-order chi connectivity index (χ0) is 12.8. The van der Waals surface area contributed by atoms with Crippen LogP contribution in [0.15, 0.2) is 24.3 Å². The summed E-state index contributed by atoms with van der Waals surface area (Å²) >= 11 is 0. The first-order valence-corrected chi connectivity index (χ1v) is 6.44. The molecule has 0 fully saturated rings. The first-order valence-electron chi connectivity index (χ1n) is 6.44. The van der Waals surface area contributed by atoms with Crippen LogP contribution in [0.4, 0.5) is 0 Å². The molecule has 17 heavy (non-hydrogen) atoms. The van der Waals surface area contributed by atoms with Crippen LogP contribution in [0.3, 0.4) is 0 Å². The first kappa shape index (κ1) is 13.9. The summed E-state index contributed by atoms with van der Waals surface area (Å²) in [7, 11) is 0. The average Bonchev–Trinajstić information content (AvgIpc) is 2.35. The van der Waals surface area contributed by atoms with Gasteiger partial charge in [0.25, 0.3) is 0 Å². The first-order chi connectivity index (χ1) is 8.08. The van der Waals surface area contributed by atoms with E-state index in [1.807, 2.05) is 24.3 Å². The summed E-state index contributed by atoms with van der Waals surface area (Å²) in [6, 6.07) is 8.38. The second-order valence-corrected chi connectivity index (χ2v) is 4.63. The molecule has 0 N–H and O–H groups in total. The summed E-state index contributed by atoms with van der Waals surface area (Å²) < 4.78 is 0. The Hall–Kier alpha value is -1.15. The van der Waals surface area contributed by atoms with E-state index in [1.165, 1.54) is 5.56 Å². The van der Waals surface area contributed by atoms with Gasteiger partial charge in [-0.2, -0.15) is 0 Å². The van der Waals surface area contributed by atoms with Crippen LogP contribution in [-0.2, 0) is 6.42 Å². The number of hydrogen-bond acceptors (Lipinski definition) is 2. The monoisotopic (exact) mass is 233 g/mol. The van der Waals surface area contributed by atoms with Crippen molar-refractivity contribution in [2.24, 2.45) is 0 Å². The minimum atomic E-state index is 0.211. The Morgan fingerprint density at radius 2 is 1.76 bits per heavy atom. The Bertz CT molecular complexity index is 354. The lowest BCUT2D eigenvalue weighted by Crippen LogP contribution is -2.35. The third kappa shape index (κ3) is 3.97. The predicted molar refractivity (Wildman–Crippen MR) is 72.5 cm³/mol. The van der Waals surface area contributed by atoms with Gasteiger partial charge in [0.05, 0.1) is 6.54 Å². The van der Waals surface area contributed by atoms with E-state index in [1.54, 1.807) is 0 Å². The SMILES string of the molecule is CCc1ccc(C(=O)CN(CC)C(C)C)cc1. The molecule has 0 radical (unpaired) electrons. The highest BCUT2D eigenvalue weighted by Crippen LogP contribution is 2.08. The maximum Gasteiger partial charge on any atom is 0.176 e. The molecule has 94 valence electrons. The summed E-state index contributed by atoms with van der Waals surface area (Å²) in [6.45, 7) is 9.88. The lowest BCUT2D eigenvalue weighted by Gasteiger charge is -2.23. The van der Waals surface area contributed by atoms with Gasteiger partial charge in [0.15, 0.2) is 5.78 Å². The molecule has 0 aliphatic carbocycles. The summed E-state index contributed by atoms with van der Waals surface area (Å²) in [4.78, 5) is 14.3. The van der Waals surface area contributed by atoms with Crippen molar-refractivity contribution >= 4 is 5.78 Å². The fraction of sp³-hybridized carbons (Fsp3) is 0.533. The van der Waals surface area contributed by atoms with Crippen molar-refractivity contribution in [2.75, 3.05) is 13.1 Å². The minimum absolute atomic E-state index is 0.211. The van der Waals surface area contributed by atoms with Crippen LogP contribution >= 0.6 is 0 Å². The van der Waals surface area contributed by atoms with Crippen LogP contribution < -0.4 is 0 Å². The number of rotatable bonds is 6. The summed E-state index contributed by atoms with van der Waals surface area (Å²) in [5, 5.41) is 0. The Morgan fingerprint density at radius 3 is 2.18 bits per heavy atom. The summed E-state index contributed by atoms with van der Waals surface area (Å²) in [5.74, 6) is 0.211. The van der Waals surface area contributed by atoms with E-state index in [-0.39, 0.29) is 5.78 Å². The average molecular weight is 233 g/mol. The molecule has 0 unspecified atom stereocenters. The molecular formula is C15H23NO. The maximum absolute atomic E-state index is 12.1. The number of ketones is 1. The Balaban J connectivity index is 2.68. The van der Waals surface area contributed by atoms with Crippen LogP contribution in [0, 0.1) is 0 Å². The molecule has 0 atom stereocenters. The van der Waals surface area contributed by atoms with E-state index in [0.29, 0.717) is 12.6 Å². The molecule has 0 saturated carbocycles. The van der Waals surface area contributed by atoms with E-state index in [2.05, 4.69) is 32.6 Å². The van der Waals surface area contributed by atoms with Crippen LogP contribution in [0.5, 0.6) is 0 Å². The van der Waals surface area contributed by atoms with Gasteiger partial charge in [-0.15, -0.1) is 0 Å². The molecule has 0 spiro atoms. The Kier molecular flexibility index (Phi) is 5.36. The van der Waals surface area contributed by atoms with Crippen molar-refractivity contribution in [3.8, 4) is 0 Å². The van der Waals surface area contributed by atoms with Crippen molar-refractivity contribution in [1.82, 2.24) is 4.90 Å². The second-order valence-electron chi connectivity index (χ2n) is 4.63. The van der Waals surface area contributed by atoms with Crippen molar-refractivity contribution in [3.63, 3.8) is 0 Å². The number of nitrogens with zero attached hydrogens (tertiary/aromatic N) is 1. The van der Waals surface area contributed by atoms with Gasteiger partial charge in [0, 0.05) is 11.6 Å². The fourth-order valence-electron chi connectivity index (χ4n) is 1.86.